The molecule has 1 aliphatic rings. The van der Waals surface area contributed by atoms with Gasteiger partial charge in [0.05, 0.1) is 4.83 Å². The van der Waals surface area contributed by atoms with Gasteiger partial charge in [-0.05, 0) is 38.5 Å². The fraction of sp³-hybridized carbons (Fsp3) is 0.750. The SMILES string of the molecule is CCC(Br)C(=O)NCCC1=CCCCC1. The Morgan fingerprint density at radius 3 is 3.00 bits per heavy atom. The predicted octanol–water partition coefficient (Wildman–Crippen LogP) is 3.17. The smallest absolute Gasteiger partial charge is 0.233 e. The minimum atomic E-state index is -0.0298. The highest BCUT2D eigenvalue weighted by Crippen LogP contribution is 2.19. The fourth-order valence-corrected chi connectivity index (χ4v) is 1.94. The lowest BCUT2D eigenvalue weighted by Gasteiger charge is -2.13. The maximum absolute atomic E-state index is 11.4. The highest BCUT2D eigenvalue weighted by molar-refractivity contribution is 9.10. The molecular formula is C12H20BrNO. The maximum Gasteiger partial charge on any atom is 0.233 e. The van der Waals surface area contributed by atoms with Crippen LogP contribution in [-0.4, -0.2) is 17.3 Å². The van der Waals surface area contributed by atoms with E-state index in [-0.39, 0.29) is 10.7 Å². The number of rotatable bonds is 5. The molecule has 0 bridgehead atoms. The first-order chi connectivity index (χ1) is 7.24. The van der Waals surface area contributed by atoms with Gasteiger partial charge in [-0.3, -0.25) is 4.79 Å². The van der Waals surface area contributed by atoms with Gasteiger partial charge < -0.3 is 5.32 Å². The summed E-state index contributed by atoms with van der Waals surface area (Å²) in [7, 11) is 0. The molecule has 0 aromatic carbocycles. The second kappa shape index (κ2) is 7.04. The van der Waals surface area contributed by atoms with Gasteiger partial charge in [-0.25, -0.2) is 0 Å². The third-order valence-electron chi connectivity index (χ3n) is 2.77. The molecule has 15 heavy (non-hydrogen) atoms. The predicted molar refractivity (Wildman–Crippen MR) is 67.2 cm³/mol. The minimum Gasteiger partial charge on any atom is -0.355 e. The molecule has 1 amide bonds. The molecule has 0 aliphatic heterocycles. The number of carbonyl (C=O) groups excluding carboxylic acids is 1. The van der Waals surface area contributed by atoms with E-state index in [0.717, 1.165) is 19.4 Å². The first-order valence-electron chi connectivity index (χ1n) is 5.83. The van der Waals surface area contributed by atoms with E-state index in [1.54, 1.807) is 0 Å². The van der Waals surface area contributed by atoms with Gasteiger partial charge >= 0.3 is 0 Å². The molecule has 0 aromatic rings. The zero-order chi connectivity index (χ0) is 11.1. The average molecular weight is 274 g/mol. The van der Waals surface area contributed by atoms with Gasteiger partial charge in [-0.1, -0.05) is 34.5 Å². The van der Waals surface area contributed by atoms with Crippen molar-refractivity contribution < 1.29 is 4.79 Å². The summed E-state index contributed by atoms with van der Waals surface area (Å²) in [5.74, 6) is 0.119. The quantitative estimate of drug-likeness (QED) is 0.605. The van der Waals surface area contributed by atoms with Gasteiger partial charge in [-0.2, -0.15) is 0 Å². The molecule has 0 saturated carbocycles. The topological polar surface area (TPSA) is 29.1 Å². The molecular weight excluding hydrogens is 254 g/mol. The van der Waals surface area contributed by atoms with Crippen LogP contribution in [0.25, 0.3) is 0 Å². The van der Waals surface area contributed by atoms with Crippen molar-refractivity contribution in [3.63, 3.8) is 0 Å². The van der Waals surface area contributed by atoms with Crippen LogP contribution in [0.5, 0.6) is 0 Å². The van der Waals surface area contributed by atoms with Crippen molar-refractivity contribution in [2.24, 2.45) is 0 Å². The maximum atomic E-state index is 11.4. The summed E-state index contributed by atoms with van der Waals surface area (Å²) in [4.78, 5) is 11.4. The summed E-state index contributed by atoms with van der Waals surface area (Å²) in [6, 6.07) is 0. The Bertz CT molecular complexity index is 238. The van der Waals surface area contributed by atoms with E-state index < -0.39 is 0 Å². The molecule has 86 valence electrons. The van der Waals surface area contributed by atoms with E-state index in [9.17, 15) is 4.79 Å². The number of carbonyl (C=O) groups is 1. The Hall–Kier alpha value is -0.310. The van der Waals surface area contributed by atoms with Gasteiger partial charge in [0, 0.05) is 6.54 Å². The van der Waals surface area contributed by atoms with Gasteiger partial charge in [-0.15, -0.1) is 0 Å². The van der Waals surface area contributed by atoms with Crippen LogP contribution in [0.1, 0.15) is 45.4 Å². The van der Waals surface area contributed by atoms with E-state index >= 15 is 0 Å². The molecule has 0 spiro atoms. The van der Waals surface area contributed by atoms with Crippen LogP contribution in [0.2, 0.25) is 0 Å². The molecule has 0 radical (unpaired) electrons. The number of amides is 1. The number of hydrogen-bond donors (Lipinski definition) is 1. The van der Waals surface area contributed by atoms with Crippen molar-refractivity contribution in [3.8, 4) is 0 Å². The number of nitrogens with one attached hydrogen (secondary N) is 1. The molecule has 1 rings (SSSR count). The van der Waals surface area contributed by atoms with Crippen LogP contribution in [0, 0.1) is 0 Å². The van der Waals surface area contributed by atoms with Gasteiger partial charge in [0.25, 0.3) is 0 Å². The van der Waals surface area contributed by atoms with Gasteiger partial charge in [0.15, 0.2) is 0 Å². The van der Waals surface area contributed by atoms with Crippen LogP contribution >= 0.6 is 15.9 Å². The molecule has 3 heteroatoms. The van der Waals surface area contributed by atoms with Crippen molar-refractivity contribution in [1.29, 1.82) is 0 Å². The van der Waals surface area contributed by atoms with Crippen LogP contribution in [0.4, 0.5) is 0 Å². The molecule has 0 fully saturated rings. The summed E-state index contributed by atoms with van der Waals surface area (Å²) in [6.45, 7) is 2.79. The molecule has 1 atom stereocenters. The first-order valence-corrected chi connectivity index (χ1v) is 6.75. The highest BCUT2D eigenvalue weighted by atomic mass is 79.9. The summed E-state index contributed by atoms with van der Waals surface area (Å²) in [6.07, 6.45) is 9.29. The molecule has 1 aliphatic carbocycles. The molecule has 0 aromatic heterocycles. The monoisotopic (exact) mass is 273 g/mol. The second-order valence-corrected chi connectivity index (χ2v) is 5.13. The molecule has 1 N–H and O–H groups in total. The van der Waals surface area contributed by atoms with Crippen LogP contribution < -0.4 is 5.32 Å². The summed E-state index contributed by atoms with van der Waals surface area (Å²) in [5, 5.41) is 2.95. The minimum absolute atomic E-state index is 0.0298. The first kappa shape index (κ1) is 12.8. The Labute approximate surface area is 101 Å². The number of hydrogen-bond acceptors (Lipinski definition) is 1. The highest BCUT2D eigenvalue weighted by Gasteiger charge is 2.11. The van der Waals surface area contributed by atoms with E-state index in [1.807, 2.05) is 6.92 Å². The van der Waals surface area contributed by atoms with Gasteiger partial charge in [0.1, 0.15) is 0 Å². The lowest BCUT2D eigenvalue weighted by Crippen LogP contribution is -2.31. The van der Waals surface area contributed by atoms with E-state index in [4.69, 9.17) is 0 Å². The Morgan fingerprint density at radius 1 is 1.60 bits per heavy atom. The third kappa shape index (κ3) is 4.83. The normalized spacial score (nSPS) is 18.1. The van der Waals surface area contributed by atoms with E-state index in [2.05, 4.69) is 27.3 Å². The Morgan fingerprint density at radius 2 is 2.40 bits per heavy atom. The number of allylic oxidation sites excluding steroid dienone is 1. The molecule has 0 heterocycles. The van der Waals surface area contributed by atoms with Crippen molar-refractivity contribution >= 4 is 21.8 Å². The summed E-state index contributed by atoms with van der Waals surface area (Å²) in [5.41, 5.74) is 1.52. The second-order valence-electron chi connectivity index (χ2n) is 4.02. The standard InChI is InChI=1S/C12H20BrNO/c1-2-11(13)12(15)14-9-8-10-6-4-3-5-7-10/h6,11H,2-5,7-9H2,1H3,(H,14,15). The summed E-state index contributed by atoms with van der Waals surface area (Å²) >= 11 is 3.34. The van der Waals surface area contributed by atoms with Crippen LogP contribution in [0.15, 0.2) is 11.6 Å². The zero-order valence-electron chi connectivity index (χ0n) is 9.39. The van der Waals surface area contributed by atoms with Crippen molar-refractivity contribution in [2.45, 2.75) is 50.3 Å². The largest absolute Gasteiger partial charge is 0.355 e. The van der Waals surface area contributed by atoms with Crippen molar-refractivity contribution in [1.82, 2.24) is 5.32 Å². The van der Waals surface area contributed by atoms with Crippen molar-refractivity contribution in [2.75, 3.05) is 6.54 Å². The lowest BCUT2D eigenvalue weighted by atomic mass is 9.97. The summed E-state index contributed by atoms with van der Waals surface area (Å²) < 4.78 is 0. The Kier molecular flexibility index (Phi) is 5.99. The zero-order valence-corrected chi connectivity index (χ0v) is 11.0. The van der Waals surface area contributed by atoms with E-state index in [1.165, 1.54) is 31.3 Å². The molecule has 1 unspecified atom stereocenters. The molecule has 2 nitrogen and oxygen atoms in total. The van der Waals surface area contributed by atoms with E-state index in [0.29, 0.717) is 0 Å². The Balaban J connectivity index is 2.15. The average Bonchev–Trinajstić information content (AvgIpc) is 2.29. The van der Waals surface area contributed by atoms with Crippen molar-refractivity contribution in [3.05, 3.63) is 11.6 Å². The fourth-order valence-electron chi connectivity index (χ4n) is 1.77. The lowest BCUT2D eigenvalue weighted by molar-refractivity contribution is -0.120. The van der Waals surface area contributed by atoms with Gasteiger partial charge in [0.2, 0.25) is 5.91 Å². The number of halogens is 1. The number of alkyl halides is 1. The van der Waals surface area contributed by atoms with Crippen LogP contribution in [0.3, 0.4) is 0 Å². The van der Waals surface area contributed by atoms with Crippen LogP contribution in [-0.2, 0) is 4.79 Å². The third-order valence-corrected chi connectivity index (χ3v) is 3.84. The molecule has 0 saturated heterocycles.